The number of imide groups is 2. The van der Waals surface area contributed by atoms with E-state index in [1.165, 1.54) is 16.5 Å². The Labute approximate surface area is 475 Å². The summed E-state index contributed by atoms with van der Waals surface area (Å²) in [6.45, 7) is 13.8. The van der Waals surface area contributed by atoms with Gasteiger partial charge in [-0.25, -0.2) is 0 Å². The summed E-state index contributed by atoms with van der Waals surface area (Å²) in [5, 5.41) is 18.0. The van der Waals surface area contributed by atoms with E-state index in [4.69, 9.17) is 35.5 Å². The molecule has 3 unspecified atom stereocenters. The Morgan fingerprint density at radius 3 is 2.26 bits per heavy atom. The molecule has 80 heavy (non-hydrogen) atoms. The number of aliphatic imine (C=N–C) groups is 1. The highest BCUT2D eigenvalue weighted by Gasteiger charge is 2.46. The van der Waals surface area contributed by atoms with Gasteiger partial charge in [-0.05, 0) is 120 Å². The number of hydrogen-bond donors (Lipinski definition) is 3. The van der Waals surface area contributed by atoms with Gasteiger partial charge in [0.15, 0.2) is 5.82 Å². The largest absolute Gasteiger partial charge is 0.491 e. The molecule has 5 heterocycles. The van der Waals surface area contributed by atoms with Crippen molar-refractivity contribution in [1.82, 2.24) is 29.9 Å². The van der Waals surface area contributed by atoms with Crippen LogP contribution in [0.1, 0.15) is 142 Å². The molecule has 0 radical (unpaired) electrons. The number of ether oxygens (including phenoxy) is 4. The molecule has 1 saturated heterocycles. The molecule has 0 aliphatic carbocycles. The molecule has 4 aliphatic heterocycles. The number of aromatic nitrogens is 3. The molecular formula is C58H70ClN9O11S. The van der Waals surface area contributed by atoms with Gasteiger partial charge < -0.3 is 34.5 Å². The third-order valence-corrected chi connectivity index (χ3v) is 15.8. The lowest BCUT2D eigenvalue weighted by atomic mass is 9.90. The maximum atomic E-state index is 13.7. The summed E-state index contributed by atoms with van der Waals surface area (Å²) >= 11 is 8.05. The Kier molecular flexibility index (Phi) is 20.0. The molecular weight excluding hydrogens is 1070 g/mol. The van der Waals surface area contributed by atoms with Crippen LogP contribution >= 0.6 is 23.4 Å². The van der Waals surface area contributed by atoms with Crippen molar-refractivity contribution in [2.45, 2.75) is 122 Å². The highest BCUT2D eigenvalue weighted by Crippen LogP contribution is 2.53. The summed E-state index contributed by atoms with van der Waals surface area (Å²) in [7, 11) is 0. The summed E-state index contributed by atoms with van der Waals surface area (Å²) < 4.78 is 25.3. The summed E-state index contributed by atoms with van der Waals surface area (Å²) in [5.74, 6) is -0.895. The van der Waals surface area contributed by atoms with Gasteiger partial charge in [-0.15, -0.1) is 22.0 Å². The van der Waals surface area contributed by atoms with Gasteiger partial charge in [0.25, 0.3) is 11.8 Å². The van der Waals surface area contributed by atoms with Crippen LogP contribution in [-0.4, -0.2) is 136 Å². The van der Waals surface area contributed by atoms with Gasteiger partial charge in [0, 0.05) is 55.3 Å². The molecule has 4 aromatic rings. The van der Waals surface area contributed by atoms with Crippen LogP contribution in [0.15, 0.2) is 82.2 Å². The van der Waals surface area contributed by atoms with Gasteiger partial charge in [-0.2, -0.15) is 0 Å². The molecule has 426 valence electrons. The first-order valence-electron chi connectivity index (χ1n) is 27.2. The Balaban J connectivity index is 0.789. The normalized spacial score (nSPS) is 18.7. The van der Waals surface area contributed by atoms with E-state index < -0.39 is 41.3 Å². The standard InChI is InChI=1S/C58H70ClN9O11S/c1-35-36(2)80-57-50(35)52(38-16-18-39(59)19-17-38)62-44(53-65-64-37(3)67(53)57)34-47(70)61-40-20-22-41(23-21-40)78-33-32-77-31-28-66(48(71)14-9-7-8-10-15-49(72)79-58(4,5)6)27-30-76-29-26-60-43-13-11-12-42-51(43)56(75)68(55(42)74)45-24-25-46(69)63-54(45)73/h11-13,16-23,44-45,50,57,60H,7-10,14-15,24-34H2,1-6H3,(H,61,70)(H,63,69,73)/t44-,45?,50?,57?/m0/s1. The molecule has 4 aliphatic rings. The van der Waals surface area contributed by atoms with E-state index in [0.717, 1.165) is 34.8 Å². The lowest BCUT2D eigenvalue weighted by molar-refractivity contribution is -0.155. The predicted octanol–water partition coefficient (Wildman–Crippen LogP) is 8.40. The zero-order valence-electron chi connectivity index (χ0n) is 46.1. The molecule has 22 heteroatoms. The number of aryl methyl sites for hydroxylation is 1. The summed E-state index contributed by atoms with van der Waals surface area (Å²) in [4.78, 5) is 99.5. The van der Waals surface area contributed by atoms with E-state index >= 15 is 0 Å². The number of halogens is 1. The number of anilines is 2. The van der Waals surface area contributed by atoms with Crippen molar-refractivity contribution < 1.29 is 52.5 Å². The number of piperidine rings is 1. The molecule has 0 spiro atoms. The number of hydrogen-bond acceptors (Lipinski definition) is 16. The average Bonchev–Trinajstić information content (AvgIpc) is 4.01. The Hall–Kier alpha value is -6.94. The molecule has 6 amide bonds. The highest BCUT2D eigenvalue weighted by atomic mass is 35.5. The number of amides is 6. The number of nitrogens with zero attached hydrogens (tertiary/aromatic N) is 6. The summed E-state index contributed by atoms with van der Waals surface area (Å²) in [5.41, 5.74) is 3.84. The molecule has 1 aromatic heterocycles. The monoisotopic (exact) mass is 1140 g/mol. The number of thioether (sulfide) groups is 1. The number of allylic oxidation sites excluding steroid dienone is 2. The van der Waals surface area contributed by atoms with Crippen LogP contribution < -0.4 is 20.7 Å². The second-order valence-corrected chi connectivity index (χ2v) is 22.8. The van der Waals surface area contributed by atoms with Crippen LogP contribution in [0.25, 0.3) is 0 Å². The van der Waals surface area contributed by atoms with E-state index in [-0.39, 0.29) is 99.0 Å². The fourth-order valence-electron chi connectivity index (χ4n) is 10.1. The third-order valence-electron chi connectivity index (χ3n) is 14.1. The number of esters is 1. The van der Waals surface area contributed by atoms with E-state index in [1.807, 2.05) is 52.0 Å². The van der Waals surface area contributed by atoms with Crippen molar-refractivity contribution in [2.75, 3.05) is 63.3 Å². The van der Waals surface area contributed by atoms with Gasteiger partial charge in [-0.1, -0.05) is 48.2 Å². The molecule has 1 fully saturated rings. The SMILES string of the molecule is CC1=C(C)C2C(c3ccc(Cl)cc3)=N[C@@H](CC(=O)Nc3ccc(OCCOCCN(CCOCCNc4cccc5c4C(=O)N(C4CCC(=O)NC4=O)C5=O)C(=O)CCCCCCC(=O)OC(C)(C)C)cc3)c3nnc(C)n3C2S1. The van der Waals surface area contributed by atoms with Crippen molar-refractivity contribution in [3.8, 4) is 5.75 Å². The van der Waals surface area contributed by atoms with Crippen molar-refractivity contribution in [1.29, 1.82) is 0 Å². The third kappa shape index (κ3) is 14.9. The zero-order valence-corrected chi connectivity index (χ0v) is 47.7. The van der Waals surface area contributed by atoms with E-state index in [1.54, 1.807) is 53.1 Å². The Bertz CT molecular complexity index is 3010. The van der Waals surface area contributed by atoms with E-state index in [9.17, 15) is 33.6 Å². The molecule has 20 nitrogen and oxygen atoms in total. The first-order chi connectivity index (χ1) is 38.4. The predicted molar refractivity (Wildman–Crippen MR) is 303 cm³/mol. The molecule has 0 bridgehead atoms. The number of carbonyl (C=O) groups excluding carboxylic acids is 7. The van der Waals surface area contributed by atoms with Crippen molar-refractivity contribution in [3.63, 3.8) is 0 Å². The molecule has 3 N–H and O–H groups in total. The lowest BCUT2D eigenvalue weighted by Gasteiger charge is -2.27. The molecule has 0 saturated carbocycles. The minimum absolute atomic E-state index is 0.0243. The van der Waals surface area contributed by atoms with Crippen LogP contribution in [0.4, 0.5) is 11.4 Å². The van der Waals surface area contributed by atoms with Crippen LogP contribution in [-0.2, 0) is 38.2 Å². The first-order valence-corrected chi connectivity index (χ1v) is 28.5. The second-order valence-electron chi connectivity index (χ2n) is 21.1. The summed E-state index contributed by atoms with van der Waals surface area (Å²) in [6.07, 6.45) is 3.66. The van der Waals surface area contributed by atoms with Crippen molar-refractivity contribution in [2.24, 2.45) is 10.9 Å². The van der Waals surface area contributed by atoms with E-state index in [2.05, 4.69) is 44.6 Å². The van der Waals surface area contributed by atoms with Gasteiger partial charge >= 0.3 is 5.97 Å². The highest BCUT2D eigenvalue weighted by molar-refractivity contribution is 8.03. The smallest absolute Gasteiger partial charge is 0.306 e. The number of benzene rings is 3. The van der Waals surface area contributed by atoms with Crippen molar-refractivity contribution >= 4 is 81.9 Å². The maximum absolute atomic E-state index is 13.7. The maximum Gasteiger partial charge on any atom is 0.306 e. The van der Waals surface area contributed by atoms with Gasteiger partial charge in [0.1, 0.15) is 35.9 Å². The fraction of sp³-hybridized carbons (Fsp3) is 0.483. The minimum atomic E-state index is -1.07. The number of rotatable bonds is 26. The summed E-state index contributed by atoms with van der Waals surface area (Å²) in [6, 6.07) is 17.9. The first kappa shape index (κ1) is 59.2. The van der Waals surface area contributed by atoms with Gasteiger partial charge in [-0.3, -0.25) is 53.3 Å². The quantitative estimate of drug-likeness (QED) is 0.0304. The number of carbonyl (C=O) groups is 7. The lowest BCUT2D eigenvalue weighted by Crippen LogP contribution is -2.54. The van der Waals surface area contributed by atoms with Gasteiger partial charge in [0.2, 0.25) is 23.6 Å². The molecule has 8 rings (SSSR count). The number of fused-ring (bicyclic) bond motifs is 4. The molecule has 4 atom stereocenters. The molecule has 3 aromatic carbocycles. The zero-order chi connectivity index (χ0) is 57.1. The second kappa shape index (κ2) is 27.0. The number of unbranched alkanes of at least 4 members (excludes halogenated alkanes) is 3. The van der Waals surface area contributed by atoms with E-state index in [0.29, 0.717) is 66.7 Å². The Morgan fingerprint density at radius 1 is 0.838 bits per heavy atom. The van der Waals surface area contributed by atoms with Gasteiger partial charge in [0.05, 0.1) is 61.0 Å². The van der Waals surface area contributed by atoms with Crippen LogP contribution in [0.5, 0.6) is 5.75 Å². The fourth-order valence-corrected chi connectivity index (χ4v) is 11.7. The average molecular weight is 1140 g/mol. The number of nitrogens with one attached hydrogen (secondary N) is 3. The minimum Gasteiger partial charge on any atom is -0.491 e. The Morgan fingerprint density at radius 2 is 1.55 bits per heavy atom. The topological polar surface area (TPSA) is 242 Å². The van der Waals surface area contributed by atoms with Crippen molar-refractivity contribution in [3.05, 3.63) is 111 Å². The van der Waals surface area contributed by atoms with Crippen LogP contribution in [0.3, 0.4) is 0 Å². The van der Waals surface area contributed by atoms with Crippen LogP contribution in [0, 0.1) is 12.8 Å². The van der Waals surface area contributed by atoms with Crippen LogP contribution in [0.2, 0.25) is 5.02 Å².